The van der Waals surface area contributed by atoms with Crippen molar-refractivity contribution >= 4 is 11.6 Å². The van der Waals surface area contributed by atoms with Crippen LogP contribution in [0, 0.1) is 16.0 Å². The number of H-pyrrole nitrogens is 1. The van der Waals surface area contributed by atoms with Gasteiger partial charge in [-0.3, -0.25) is 14.9 Å². The van der Waals surface area contributed by atoms with E-state index >= 15 is 0 Å². The van der Waals surface area contributed by atoms with Gasteiger partial charge in [-0.05, 0) is 48.4 Å². The van der Waals surface area contributed by atoms with Gasteiger partial charge in [0, 0.05) is 43.2 Å². The number of amides is 1. The number of carbonyl (C=O) groups is 1. The lowest BCUT2D eigenvalue weighted by Crippen LogP contribution is -2.39. The van der Waals surface area contributed by atoms with E-state index in [-0.39, 0.29) is 11.6 Å². The Kier molecular flexibility index (Phi) is 10.3. The number of aromatic amines is 1. The Morgan fingerprint density at radius 1 is 0.970 bits per heavy atom. The van der Waals surface area contributed by atoms with E-state index in [9.17, 15) is 14.9 Å². The molecule has 0 unspecified atom stereocenters. The van der Waals surface area contributed by atoms with E-state index in [1.807, 2.05) is 38.7 Å². The van der Waals surface area contributed by atoms with Gasteiger partial charge >= 0.3 is 0 Å². The van der Waals surface area contributed by atoms with Crippen LogP contribution >= 0.6 is 0 Å². The van der Waals surface area contributed by atoms with Crippen LogP contribution in [0.1, 0.15) is 56.5 Å². The summed E-state index contributed by atoms with van der Waals surface area (Å²) in [4.78, 5) is 28.5. The van der Waals surface area contributed by atoms with E-state index in [4.69, 9.17) is 0 Å². The molecule has 1 aliphatic heterocycles. The Bertz CT molecular complexity index is 989. The van der Waals surface area contributed by atoms with Crippen LogP contribution < -0.4 is 0 Å². The van der Waals surface area contributed by atoms with Crippen molar-refractivity contribution in [2.24, 2.45) is 5.92 Å². The van der Waals surface area contributed by atoms with E-state index in [2.05, 4.69) is 29.2 Å². The topological polar surface area (TPSA) is 79.2 Å². The Morgan fingerprint density at radius 3 is 2.15 bits per heavy atom. The molecule has 176 valence electrons. The van der Waals surface area contributed by atoms with Gasteiger partial charge in [-0.25, -0.2) is 0 Å². The third kappa shape index (κ3) is 6.78. The second kappa shape index (κ2) is 13.2. The van der Waals surface area contributed by atoms with E-state index in [1.54, 1.807) is 24.5 Å². The number of non-ortho nitro benzene ring substituents is 1. The Balaban J connectivity index is 0.000000914. The molecule has 1 amide bonds. The minimum absolute atomic E-state index is 0.0118. The fourth-order valence-electron chi connectivity index (χ4n) is 4.00. The number of aromatic nitrogens is 1. The molecule has 0 atom stereocenters. The molecule has 2 heterocycles. The SMILES string of the molecule is CC.CC.O=C(c1c[nH]cc1-c1ccc([N+](=O)[O-])cc1)N1CCC(Cc2ccccc2)CC1. The van der Waals surface area contributed by atoms with Crippen LogP contribution in [-0.4, -0.2) is 33.8 Å². The summed E-state index contributed by atoms with van der Waals surface area (Å²) in [7, 11) is 0. The Labute approximate surface area is 196 Å². The maximum absolute atomic E-state index is 13.1. The summed E-state index contributed by atoms with van der Waals surface area (Å²) in [5.41, 5.74) is 3.57. The van der Waals surface area contributed by atoms with Crippen molar-refractivity contribution < 1.29 is 9.72 Å². The van der Waals surface area contributed by atoms with Gasteiger partial charge in [-0.15, -0.1) is 0 Å². The van der Waals surface area contributed by atoms with Gasteiger partial charge in [0.25, 0.3) is 11.6 Å². The number of nitrogens with zero attached hydrogens (tertiary/aromatic N) is 2. The van der Waals surface area contributed by atoms with Crippen LogP contribution in [0.15, 0.2) is 67.0 Å². The molecule has 0 bridgehead atoms. The summed E-state index contributed by atoms with van der Waals surface area (Å²) in [5, 5.41) is 10.9. The maximum Gasteiger partial charge on any atom is 0.269 e. The maximum atomic E-state index is 13.1. The Morgan fingerprint density at radius 2 is 1.58 bits per heavy atom. The highest BCUT2D eigenvalue weighted by Crippen LogP contribution is 2.28. The molecular weight excluding hydrogens is 414 g/mol. The molecule has 0 radical (unpaired) electrons. The third-order valence-electron chi connectivity index (χ3n) is 5.63. The van der Waals surface area contributed by atoms with Crippen molar-refractivity contribution in [1.82, 2.24) is 9.88 Å². The summed E-state index contributed by atoms with van der Waals surface area (Å²) < 4.78 is 0. The molecule has 0 aliphatic carbocycles. The molecule has 1 aromatic heterocycles. The predicted molar refractivity (Wildman–Crippen MR) is 134 cm³/mol. The summed E-state index contributed by atoms with van der Waals surface area (Å²) in [6.07, 6.45) is 6.54. The van der Waals surface area contributed by atoms with E-state index in [0.29, 0.717) is 11.5 Å². The number of nitro benzene ring substituents is 1. The van der Waals surface area contributed by atoms with Gasteiger partial charge in [0.15, 0.2) is 0 Å². The highest BCUT2D eigenvalue weighted by Gasteiger charge is 2.26. The Hall–Kier alpha value is -3.41. The van der Waals surface area contributed by atoms with E-state index < -0.39 is 4.92 Å². The number of carbonyl (C=O) groups excluding carboxylic acids is 1. The van der Waals surface area contributed by atoms with Crippen LogP contribution in [0.2, 0.25) is 0 Å². The van der Waals surface area contributed by atoms with Crippen molar-refractivity contribution in [3.8, 4) is 11.1 Å². The number of hydrogen-bond donors (Lipinski definition) is 1. The van der Waals surface area contributed by atoms with Gasteiger partial charge in [-0.1, -0.05) is 58.0 Å². The van der Waals surface area contributed by atoms with Crippen LogP contribution in [-0.2, 0) is 6.42 Å². The lowest BCUT2D eigenvalue weighted by atomic mass is 9.90. The van der Waals surface area contributed by atoms with E-state index in [1.165, 1.54) is 17.7 Å². The summed E-state index contributed by atoms with van der Waals surface area (Å²) in [5.74, 6) is 0.611. The average Bonchev–Trinajstić information content (AvgIpc) is 3.37. The lowest BCUT2D eigenvalue weighted by Gasteiger charge is -2.32. The quantitative estimate of drug-likeness (QED) is 0.346. The first-order valence-corrected chi connectivity index (χ1v) is 11.9. The molecule has 0 saturated carbocycles. The first kappa shape index (κ1) is 25.8. The van der Waals surface area contributed by atoms with Crippen LogP contribution in [0.5, 0.6) is 0 Å². The van der Waals surface area contributed by atoms with Crippen LogP contribution in [0.3, 0.4) is 0 Å². The first-order chi connectivity index (χ1) is 16.1. The number of rotatable bonds is 5. The zero-order valence-electron chi connectivity index (χ0n) is 20.1. The number of benzene rings is 2. The summed E-state index contributed by atoms with van der Waals surface area (Å²) >= 11 is 0. The summed E-state index contributed by atoms with van der Waals surface area (Å²) in [6, 6.07) is 16.8. The second-order valence-corrected chi connectivity index (χ2v) is 7.51. The number of likely N-dealkylation sites (tertiary alicyclic amines) is 1. The van der Waals surface area contributed by atoms with Crippen molar-refractivity contribution in [2.45, 2.75) is 47.0 Å². The van der Waals surface area contributed by atoms with Gasteiger partial charge in [0.1, 0.15) is 0 Å². The van der Waals surface area contributed by atoms with Crippen molar-refractivity contribution in [3.63, 3.8) is 0 Å². The molecule has 1 N–H and O–H groups in total. The minimum atomic E-state index is -0.424. The standard InChI is InChI=1S/C23H23N3O3.2C2H6/c27-23(25-12-10-18(11-13-25)14-17-4-2-1-3-5-17)22-16-24-15-21(22)19-6-8-20(9-7-19)26(28)29;2*1-2/h1-9,15-16,18,24H,10-14H2;2*1-2H3. The highest BCUT2D eigenvalue weighted by molar-refractivity contribution is 6.00. The molecule has 6 heteroatoms. The third-order valence-corrected chi connectivity index (χ3v) is 5.63. The molecule has 0 spiro atoms. The number of nitro groups is 1. The molecule has 33 heavy (non-hydrogen) atoms. The molecule has 1 aliphatic rings. The second-order valence-electron chi connectivity index (χ2n) is 7.51. The number of nitrogens with one attached hydrogen (secondary N) is 1. The zero-order valence-corrected chi connectivity index (χ0v) is 20.1. The monoisotopic (exact) mass is 449 g/mol. The fraction of sp³-hybridized carbons (Fsp3) is 0.370. The van der Waals surface area contributed by atoms with Gasteiger partial charge < -0.3 is 9.88 Å². The minimum Gasteiger partial charge on any atom is -0.366 e. The number of piperidine rings is 1. The van der Waals surface area contributed by atoms with Crippen LogP contribution in [0.25, 0.3) is 11.1 Å². The molecular formula is C27H35N3O3. The first-order valence-electron chi connectivity index (χ1n) is 11.9. The lowest BCUT2D eigenvalue weighted by molar-refractivity contribution is -0.384. The van der Waals surface area contributed by atoms with Crippen LogP contribution in [0.4, 0.5) is 5.69 Å². The highest BCUT2D eigenvalue weighted by atomic mass is 16.6. The largest absolute Gasteiger partial charge is 0.366 e. The normalized spacial score (nSPS) is 13.3. The number of hydrogen-bond acceptors (Lipinski definition) is 3. The van der Waals surface area contributed by atoms with Crippen molar-refractivity contribution in [2.75, 3.05) is 13.1 Å². The molecule has 4 rings (SSSR count). The van der Waals surface area contributed by atoms with Crippen molar-refractivity contribution in [3.05, 3.63) is 88.2 Å². The molecule has 1 saturated heterocycles. The molecule has 6 nitrogen and oxygen atoms in total. The van der Waals surface area contributed by atoms with Crippen molar-refractivity contribution in [1.29, 1.82) is 0 Å². The predicted octanol–water partition coefficient (Wildman–Crippen LogP) is 6.74. The molecule has 2 aromatic carbocycles. The average molecular weight is 450 g/mol. The van der Waals surface area contributed by atoms with Gasteiger partial charge in [-0.2, -0.15) is 0 Å². The zero-order chi connectivity index (χ0) is 24.2. The fourth-order valence-corrected chi connectivity index (χ4v) is 4.00. The van der Waals surface area contributed by atoms with Gasteiger partial charge in [0.2, 0.25) is 0 Å². The van der Waals surface area contributed by atoms with Gasteiger partial charge in [0.05, 0.1) is 10.5 Å². The molecule has 1 fully saturated rings. The smallest absolute Gasteiger partial charge is 0.269 e. The summed E-state index contributed by atoms with van der Waals surface area (Å²) in [6.45, 7) is 9.50. The molecule has 3 aromatic rings. The van der Waals surface area contributed by atoms with E-state index in [0.717, 1.165) is 43.5 Å².